The number of rotatable bonds is 7. The first-order chi connectivity index (χ1) is 18.3. The van der Waals surface area contributed by atoms with Crippen molar-refractivity contribution in [2.75, 3.05) is 19.5 Å². The first kappa shape index (κ1) is 25.5. The normalized spacial score (nSPS) is 22.3. The van der Waals surface area contributed by atoms with E-state index < -0.39 is 38.6 Å². The Morgan fingerprint density at radius 3 is 2.61 bits per heavy atom. The number of nitrogens with zero attached hydrogens (tertiary/aromatic N) is 5. The molecule has 4 atom stereocenters. The molecular weight excluding hydrogens is 514 g/mol. The van der Waals surface area contributed by atoms with Crippen molar-refractivity contribution in [1.82, 2.24) is 29.8 Å². The average molecular weight is 540 g/mol. The molecule has 3 aromatic heterocycles. The van der Waals surface area contributed by atoms with Crippen molar-refractivity contribution in [3.63, 3.8) is 0 Å². The summed E-state index contributed by atoms with van der Waals surface area (Å²) in [5, 5.41) is 23.2. The van der Waals surface area contributed by atoms with Crippen molar-refractivity contribution < 1.29 is 28.2 Å². The Balaban J connectivity index is 1.66. The number of aliphatic hydroxyl groups excluding tert-OH is 2. The molecule has 4 N–H and O–H groups in total. The zero-order chi connectivity index (χ0) is 27.0. The molecule has 0 saturated carbocycles. The number of benzene rings is 1. The molecule has 0 unspecified atom stereocenters. The summed E-state index contributed by atoms with van der Waals surface area (Å²) in [5.74, 6) is 0.0356. The van der Waals surface area contributed by atoms with Gasteiger partial charge in [0, 0.05) is 25.4 Å². The Kier molecular flexibility index (Phi) is 6.69. The molecule has 0 radical (unpaired) electrons. The molecule has 1 fully saturated rings. The lowest BCUT2D eigenvalue weighted by molar-refractivity contribution is -0.123. The van der Waals surface area contributed by atoms with Gasteiger partial charge in [-0.15, -0.1) is 0 Å². The summed E-state index contributed by atoms with van der Waals surface area (Å²) >= 11 is 0. The highest BCUT2D eigenvalue weighted by molar-refractivity contribution is 7.93. The lowest BCUT2D eigenvalue weighted by Crippen LogP contribution is -2.43. The van der Waals surface area contributed by atoms with Crippen LogP contribution in [-0.2, 0) is 21.2 Å². The number of anilines is 1. The van der Waals surface area contributed by atoms with Crippen LogP contribution in [0.1, 0.15) is 10.9 Å². The van der Waals surface area contributed by atoms with Crippen LogP contribution in [0, 0.1) is 0 Å². The Bertz CT molecular complexity index is 1590. The first-order valence-electron chi connectivity index (χ1n) is 11.6. The molecule has 4 heterocycles. The number of carbonyl (C=O) groups excluding carboxylic acids is 1. The smallest absolute Gasteiger partial charge is 0.240 e. The van der Waals surface area contributed by atoms with Gasteiger partial charge in [0.25, 0.3) is 0 Å². The molecule has 0 aliphatic carbocycles. The van der Waals surface area contributed by atoms with Gasteiger partial charge in [-0.3, -0.25) is 14.3 Å². The molecule has 1 aromatic carbocycles. The Hall–Kier alpha value is -4.14. The summed E-state index contributed by atoms with van der Waals surface area (Å²) in [4.78, 5) is 29.9. The Morgan fingerprint density at radius 1 is 1.13 bits per heavy atom. The molecule has 1 aliphatic heterocycles. The van der Waals surface area contributed by atoms with Crippen LogP contribution in [0.15, 0.2) is 55.1 Å². The summed E-state index contributed by atoms with van der Waals surface area (Å²) in [6, 6.07) is 11.2. The molecule has 5 rings (SSSR count). The van der Waals surface area contributed by atoms with Crippen molar-refractivity contribution in [1.29, 1.82) is 0 Å². The van der Waals surface area contributed by atoms with Gasteiger partial charge in [-0.25, -0.2) is 23.4 Å². The number of ether oxygens (including phenoxy) is 1. The number of hydrogen-bond donors (Lipinski definition) is 4. The summed E-state index contributed by atoms with van der Waals surface area (Å²) in [6.45, 7) is 0.386. The molecular formula is C24H25N7O6S. The van der Waals surface area contributed by atoms with E-state index in [1.165, 1.54) is 32.9 Å². The molecule has 13 nitrogen and oxygen atoms in total. The number of aliphatic hydroxyl groups is 2. The Morgan fingerprint density at radius 2 is 1.89 bits per heavy atom. The van der Waals surface area contributed by atoms with E-state index in [4.69, 9.17) is 4.74 Å². The fourth-order valence-electron chi connectivity index (χ4n) is 4.45. The second-order valence-corrected chi connectivity index (χ2v) is 10.8. The van der Waals surface area contributed by atoms with Gasteiger partial charge in [-0.2, -0.15) is 0 Å². The predicted molar refractivity (Wildman–Crippen MR) is 137 cm³/mol. The number of carbonyl (C=O) groups is 1. The zero-order valence-electron chi connectivity index (χ0n) is 20.4. The van der Waals surface area contributed by atoms with Gasteiger partial charge in [0.1, 0.15) is 18.0 Å². The largest absolute Gasteiger partial charge is 0.495 e. The van der Waals surface area contributed by atoms with Crippen LogP contribution in [0.4, 0.5) is 5.82 Å². The highest BCUT2D eigenvalue weighted by Crippen LogP contribution is 2.38. The molecule has 1 saturated heterocycles. The van der Waals surface area contributed by atoms with Crippen LogP contribution in [0.3, 0.4) is 0 Å². The molecule has 38 heavy (non-hydrogen) atoms. The summed E-state index contributed by atoms with van der Waals surface area (Å²) in [6.07, 6.45) is 0.588. The van der Waals surface area contributed by atoms with E-state index in [0.717, 1.165) is 10.1 Å². The maximum absolute atomic E-state index is 13.4. The summed E-state index contributed by atoms with van der Waals surface area (Å²) < 4.78 is 33.2. The third-order valence-electron chi connectivity index (χ3n) is 6.35. The molecule has 0 bridgehead atoms. The fourth-order valence-corrected chi connectivity index (χ4v) is 6.73. The number of sulfone groups is 1. The predicted octanol–water partition coefficient (Wildman–Crippen LogP) is 0.272. The van der Waals surface area contributed by atoms with Gasteiger partial charge in [-0.05, 0) is 11.6 Å². The van der Waals surface area contributed by atoms with Gasteiger partial charge in [-0.1, -0.05) is 30.3 Å². The van der Waals surface area contributed by atoms with Gasteiger partial charge in [0.2, 0.25) is 5.91 Å². The van der Waals surface area contributed by atoms with E-state index in [-0.39, 0.29) is 17.0 Å². The van der Waals surface area contributed by atoms with E-state index >= 15 is 0 Å². The highest BCUT2D eigenvalue weighted by Gasteiger charge is 2.58. The fraction of sp³-hybridized carbons (Fsp3) is 0.292. The van der Waals surface area contributed by atoms with Gasteiger partial charge < -0.3 is 25.6 Å². The number of nitrogens with one attached hydrogen (secondary N) is 2. The molecule has 1 aliphatic rings. The number of fused-ring (bicyclic) bond motifs is 1. The van der Waals surface area contributed by atoms with Crippen LogP contribution < -0.4 is 15.4 Å². The third-order valence-corrected chi connectivity index (χ3v) is 8.73. The number of imidazole rings is 1. The van der Waals surface area contributed by atoms with Crippen molar-refractivity contribution in [2.24, 2.45) is 0 Å². The van der Waals surface area contributed by atoms with E-state index in [0.29, 0.717) is 23.7 Å². The van der Waals surface area contributed by atoms with Crippen molar-refractivity contribution >= 4 is 32.7 Å². The van der Waals surface area contributed by atoms with Gasteiger partial charge in [0.05, 0.1) is 19.6 Å². The van der Waals surface area contributed by atoms with E-state index in [1.54, 1.807) is 6.07 Å². The molecule has 14 heteroatoms. The SMILES string of the molecule is CNC(=O)[C@@H]1[C@@H](O)[C@@H](O)[C@H](n2cnc3c(NCc4ccccc4)nc(-c4cncc(OC)c4)nc32)S1(=O)=O. The lowest BCUT2D eigenvalue weighted by Gasteiger charge is -2.17. The van der Waals surface area contributed by atoms with Gasteiger partial charge >= 0.3 is 0 Å². The molecule has 1 amide bonds. The molecule has 4 aromatic rings. The minimum Gasteiger partial charge on any atom is -0.495 e. The highest BCUT2D eigenvalue weighted by atomic mass is 32.2. The third kappa shape index (κ3) is 4.31. The first-order valence-corrected chi connectivity index (χ1v) is 13.2. The van der Waals surface area contributed by atoms with Crippen LogP contribution in [0.2, 0.25) is 0 Å². The molecule has 0 spiro atoms. The second-order valence-electron chi connectivity index (χ2n) is 8.67. The van der Waals surface area contributed by atoms with E-state index in [1.807, 2.05) is 30.3 Å². The minimum absolute atomic E-state index is 0.0748. The zero-order valence-corrected chi connectivity index (χ0v) is 21.2. The topological polar surface area (TPSA) is 181 Å². The number of hydrogen-bond acceptors (Lipinski definition) is 11. The summed E-state index contributed by atoms with van der Waals surface area (Å²) in [5.41, 5.74) is 1.76. The maximum atomic E-state index is 13.4. The number of amides is 1. The molecule has 198 valence electrons. The average Bonchev–Trinajstić information content (AvgIpc) is 3.42. The van der Waals surface area contributed by atoms with Crippen LogP contribution in [0.25, 0.3) is 22.6 Å². The monoisotopic (exact) mass is 539 g/mol. The standard InChI is InChI=1S/C24H25N7O6S/c1-25-23(34)19-17(32)18(33)24(38(19,35)36)31-12-28-16-21(27-9-13-6-4-3-5-7-13)29-20(30-22(16)31)14-8-15(37-2)11-26-10-14/h3-8,10-12,17-19,24,32-33H,9H2,1-2H3,(H,25,34)(H,27,29,30)/t17-,18+,19-,24+/m0/s1. The number of methoxy groups -OCH3 is 1. The van der Waals surface area contributed by atoms with Crippen molar-refractivity contribution in [2.45, 2.75) is 29.4 Å². The van der Waals surface area contributed by atoms with E-state index in [9.17, 15) is 23.4 Å². The van der Waals surface area contributed by atoms with Crippen LogP contribution in [0.5, 0.6) is 5.75 Å². The maximum Gasteiger partial charge on any atom is 0.240 e. The van der Waals surface area contributed by atoms with Gasteiger partial charge in [0.15, 0.2) is 43.3 Å². The number of aromatic nitrogens is 5. The quantitative estimate of drug-likeness (QED) is 0.253. The Labute approximate surface area is 217 Å². The van der Waals surface area contributed by atoms with Crippen molar-refractivity contribution in [3.8, 4) is 17.1 Å². The van der Waals surface area contributed by atoms with Crippen molar-refractivity contribution in [3.05, 3.63) is 60.7 Å². The summed E-state index contributed by atoms with van der Waals surface area (Å²) in [7, 11) is -1.66. The number of pyridine rings is 1. The van der Waals surface area contributed by atoms with Crippen LogP contribution >= 0.6 is 0 Å². The van der Waals surface area contributed by atoms with Crippen LogP contribution in [-0.4, -0.2) is 80.7 Å². The lowest BCUT2D eigenvalue weighted by atomic mass is 10.1. The minimum atomic E-state index is -4.41. The second kappa shape index (κ2) is 9.96. The van der Waals surface area contributed by atoms with E-state index in [2.05, 4.69) is 30.6 Å².